The number of nitrogens with one attached hydrogen (secondary N) is 1. The Labute approximate surface area is 189 Å². The van der Waals surface area contributed by atoms with Gasteiger partial charge < -0.3 is 14.4 Å². The van der Waals surface area contributed by atoms with Crippen LogP contribution in [0.2, 0.25) is 0 Å². The Bertz CT molecular complexity index is 1410. The van der Waals surface area contributed by atoms with E-state index in [0.717, 1.165) is 34.9 Å². The van der Waals surface area contributed by atoms with Crippen LogP contribution >= 0.6 is 0 Å². The number of amides is 1. The minimum absolute atomic E-state index is 0.0669. The first-order valence-electron chi connectivity index (χ1n) is 10.9. The number of aromatic nitrogens is 6. The second kappa shape index (κ2) is 8.01. The zero-order valence-electron chi connectivity index (χ0n) is 17.8. The maximum Gasteiger partial charge on any atom is 0.280 e. The highest BCUT2D eigenvalue weighted by Gasteiger charge is 2.27. The summed E-state index contributed by atoms with van der Waals surface area (Å²) in [6.07, 6.45) is 5.31. The van der Waals surface area contributed by atoms with Crippen LogP contribution in [0.1, 0.15) is 29.2 Å². The molecular formula is C24H21N7O2. The van der Waals surface area contributed by atoms with Crippen molar-refractivity contribution in [2.75, 3.05) is 13.1 Å². The molecule has 9 nitrogen and oxygen atoms in total. The fourth-order valence-electron chi connectivity index (χ4n) is 4.36. The van der Waals surface area contributed by atoms with Gasteiger partial charge in [0.05, 0.1) is 12.2 Å². The van der Waals surface area contributed by atoms with Crippen molar-refractivity contribution in [2.45, 2.75) is 18.9 Å². The fourth-order valence-corrected chi connectivity index (χ4v) is 4.36. The zero-order valence-corrected chi connectivity index (χ0v) is 17.8. The smallest absolute Gasteiger partial charge is 0.280 e. The molecule has 164 valence electrons. The molecule has 5 aromatic rings. The third kappa shape index (κ3) is 3.57. The molecule has 1 aliphatic heterocycles. The van der Waals surface area contributed by atoms with E-state index in [1.807, 2.05) is 76.6 Å². The summed E-state index contributed by atoms with van der Waals surface area (Å²) < 4.78 is 7.24. The van der Waals surface area contributed by atoms with E-state index in [2.05, 4.69) is 25.4 Å². The summed E-state index contributed by atoms with van der Waals surface area (Å²) >= 11 is 0. The van der Waals surface area contributed by atoms with Gasteiger partial charge in [0.15, 0.2) is 5.69 Å². The molecule has 1 N–H and O–H groups in total. The highest BCUT2D eigenvalue weighted by Crippen LogP contribution is 2.27. The Morgan fingerprint density at radius 3 is 2.73 bits per heavy atom. The minimum atomic E-state index is 0.0669. The third-order valence-corrected chi connectivity index (χ3v) is 6.14. The Balaban J connectivity index is 1.14. The van der Waals surface area contributed by atoms with E-state index in [1.165, 1.54) is 0 Å². The molecule has 0 saturated carbocycles. The summed E-state index contributed by atoms with van der Waals surface area (Å²) in [5.74, 6) is 0.925. The molecule has 1 aliphatic rings. The SMILES string of the molecule is O=C(c1cccc2[nH]ccc12)N1CCC(n2cc(-c3nc(-c4ccccc4)no3)nn2)CC1. The van der Waals surface area contributed by atoms with E-state index in [0.29, 0.717) is 30.5 Å². The van der Waals surface area contributed by atoms with Crippen LogP contribution in [0.5, 0.6) is 0 Å². The van der Waals surface area contributed by atoms with Gasteiger partial charge in [0, 0.05) is 41.3 Å². The number of nitrogens with zero attached hydrogens (tertiary/aromatic N) is 6. The summed E-state index contributed by atoms with van der Waals surface area (Å²) in [6, 6.07) is 17.5. The summed E-state index contributed by atoms with van der Waals surface area (Å²) in [5, 5.41) is 13.5. The van der Waals surface area contributed by atoms with Gasteiger partial charge in [0.2, 0.25) is 5.82 Å². The monoisotopic (exact) mass is 439 g/mol. The molecule has 1 saturated heterocycles. The number of piperidine rings is 1. The maximum atomic E-state index is 13.1. The summed E-state index contributed by atoms with van der Waals surface area (Å²) in [5.41, 5.74) is 3.14. The number of benzene rings is 2. The number of carbonyl (C=O) groups excluding carboxylic acids is 1. The summed E-state index contributed by atoms with van der Waals surface area (Å²) in [4.78, 5) is 22.6. The van der Waals surface area contributed by atoms with Crippen molar-refractivity contribution in [3.63, 3.8) is 0 Å². The van der Waals surface area contributed by atoms with Crippen LogP contribution in [0.25, 0.3) is 33.9 Å². The molecule has 0 unspecified atom stereocenters. The highest BCUT2D eigenvalue weighted by atomic mass is 16.5. The molecule has 4 heterocycles. The molecule has 1 amide bonds. The van der Waals surface area contributed by atoms with Gasteiger partial charge in [0.1, 0.15) is 0 Å². The van der Waals surface area contributed by atoms with Crippen molar-refractivity contribution in [3.05, 3.63) is 72.6 Å². The van der Waals surface area contributed by atoms with E-state index in [-0.39, 0.29) is 11.9 Å². The molecule has 3 aromatic heterocycles. The standard InChI is InChI=1S/C24H21N7O2/c32-24(19-7-4-8-20-18(19)9-12-25-20)30-13-10-17(11-14-30)31-15-21(27-29-31)23-26-22(28-33-23)16-5-2-1-3-6-16/h1-9,12,15,17,25H,10-11,13-14H2. The van der Waals surface area contributed by atoms with Gasteiger partial charge in [-0.05, 0) is 31.0 Å². The Morgan fingerprint density at radius 1 is 1.03 bits per heavy atom. The maximum absolute atomic E-state index is 13.1. The van der Waals surface area contributed by atoms with Gasteiger partial charge in [-0.25, -0.2) is 4.68 Å². The van der Waals surface area contributed by atoms with Gasteiger partial charge in [-0.2, -0.15) is 4.98 Å². The molecule has 0 atom stereocenters. The first-order chi connectivity index (χ1) is 16.3. The van der Waals surface area contributed by atoms with Crippen LogP contribution in [0.4, 0.5) is 0 Å². The number of hydrogen-bond acceptors (Lipinski definition) is 6. The van der Waals surface area contributed by atoms with Gasteiger partial charge in [-0.3, -0.25) is 4.79 Å². The van der Waals surface area contributed by atoms with Crippen molar-refractivity contribution in [1.29, 1.82) is 0 Å². The number of carbonyl (C=O) groups is 1. The Morgan fingerprint density at radius 2 is 1.88 bits per heavy atom. The van der Waals surface area contributed by atoms with Crippen LogP contribution in [0.15, 0.2) is 71.5 Å². The molecule has 0 bridgehead atoms. The Hall–Kier alpha value is -4.27. The highest BCUT2D eigenvalue weighted by molar-refractivity contribution is 6.06. The molecule has 0 aliphatic carbocycles. The third-order valence-electron chi connectivity index (χ3n) is 6.14. The van der Waals surface area contributed by atoms with Crippen LogP contribution < -0.4 is 0 Å². The molecule has 9 heteroatoms. The van der Waals surface area contributed by atoms with E-state index in [9.17, 15) is 4.79 Å². The van der Waals surface area contributed by atoms with Crippen LogP contribution in [0, 0.1) is 0 Å². The zero-order chi connectivity index (χ0) is 22.2. The normalized spacial score (nSPS) is 14.7. The van der Waals surface area contributed by atoms with Crippen molar-refractivity contribution >= 4 is 16.8 Å². The van der Waals surface area contributed by atoms with E-state index in [4.69, 9.17) is 4.52 Å². The van der Waals surface area contributed by atoms with Crippen LogP contribution in [-0.2, 0) is 0 Å². The van der Waals surface area contributed by atoms with Crippen molar-refractivity contribution in [1.82, 2.24) is 35.0 Å². The largest absolute Gasteiger partial charge is 0.361 e. The number of hydrogen-bond donors (Lipinski definition) is 1. The lowest BCUT2D eigenvalue weighted by molar-refractivity contribution is 0.0691. The first kappa shape index (κ1) is 19.4. The van der Waals surface area contributed by atoms with E-state index >= 15 is 0 Å². The first-order valence-corrected chi connectivity index (χ1v) is 10.9. The Kier molecular flexibility index (Phi) is 4.71. The van der Waals surface area contributed by atoms with Gasteiger partial charge >= 0.3 is 0 Å². The van der Waals surface area contributed by atoms with E-state index < -0.39 is 0 Å². The number of fused-ring (bicyclic) bond motifs is 1. The number of likely N-dealkylation sites (tertiary alicyclic amines) is 1. The van der Waals surface area contributed by atoms with Crippen LogP contribution in [-0.4, -0.2) is 54.0 Å². The quantitative estimate of drug-likeness (QED) is 0.454. The van der Waals surface area contributed by atoms with E-state index in [1.54, 1.807) is 0 Å². The number of rotatable bonds is 4. The number of aromatic amines is 1. The van der Waals surface area contributed by atoms with Crippen molar-refractivity contribution in [2.24, 2.45) is 0 Å². The fraction of sp³-hybridized carbons (Fsp3) is 0.208. The summed E-state index contributed by atoms with van der Waals surface area (Å²) in [6.45, 7) is 1.33. The molecule has 0 spiro atoms. The van der Waals surface area contributed by atoms with Crippen molar-refractivity contribution in [3.8, 4) is 23.0 Å². The number of H-pyrrole nitrogens is 1. The lowest BCUT2D eigenvalue weighted by atomic mass is 10.0. The molecule has 0 radical (unpaired) electrons. The van der Waals surface area contributed by atoms with Gasteiger partial charge in [-0.15, -0.1) is 5.10 Å². The van der Waals surface area contributed by atoms with Gasteiger partial charge in [-0.1, -0.05) is 46.8 Å². The molecule has 1 fully saturated rings. The second-order valence-electron chi connectivity index (χ2n) is 8.14. The van der Waals surface area contributed by atoms with Gasteiger partial charge in [0.25, 0.3) is 11.8 Å². The lowest BCUT2D eigenvalue weighted by Crippen LogP contribution is -2.39. The topological polar surface area (TPSA) is 106 Å². The van der Waals surface area contributed by atoms with Crippen LogP contribution in [0.3, 0.4) is 0 Å². The van der Waals surface area contributed by atoms with Crippen molar-refractivity contribution < 1.29 is 9.32 Å². The second-order valence-corrected chi connectivity index (χ2v) is 8.14. The predicted octanol–water partition coefficient (Wildman–Crippen LogP) is 3.95. The summed E-state index contributed by atoms with van der Waals surface area (Å²) in [7, 11) is 0. The molecular weight excluding hydrogens is 418 g/mol. The average molecular weight is 439 g/mol. The molecule has 2 aromatic carbocycles. The lowest BCUT2D eigenvalue weighted by Gasteiger charge is -2.32. The minimum Gasteiger partial charge on any atom is -0.361 e. The molecule has 6 rings (SSSR count). The average Bonchev–Trinajstić information content (AvgIpc) is 3.64. The molecule has 33 heavy (non-hydrogen) atoms. The predicted molar refractivity (Wildman–Crippen MR) is 121 cm³/mol.